The van der Waals surface area contributed by atoms with Gasteiger partial charge in [0.2, 0.25) is 0 Å². The quantitative estimate of drug-likeness (QED) is 0.392. The second-order valence-corrected chi connectivity index (χ2v) is 4.63. The lowest BCUT2D eigenvalue weighted by atomic mass is 10.3. The molecule has 0 unspecified atom stereocenters. The molecule has 1 aromatic carbocycles. The van der Waals surface area contributed by atoms with Gasteiger partial charge < -0.3 is 4.42 Å². The van der Waals surface area contributed by atoms with Gasteiger partial charge in [0, 0.05) is 22.3 Å². The zero-order valence-electron chi connectivity index (χ0n) is 9.65. The third-order valence-electron chi connectivity index (χ3n) is 2.36. The lowest BCUT2D eigenvalue weighted by Crippen LogP contribution is -2.30. The number of furan rings is 1. The van der Waals surface area contributed by atoms with E-state index in [9.17, 15) is 13.6 Å². The maximum atomic E-state index is 13.4. The number of halogens is 2. The Balaban J connectivity index is 2.10. The molecule has 2 aromatic rings. The number of hydrogen-bond donors (Lipinski definition) is 2. The van der Waals surface area contributed by atoms with Crippen LogP contribution >= 0.6 is 11.8 Å². The fourth-order valence-electron chi connectivity index (χ4n) is 1.46. The molecule has 0 saturated heterocycles. The van der Waals surface area contributed by atoms with E-state index in [0.29, 0.717) is 16.2 Å². The number of carbonyl (C=O) groups is 1. The van der Waals surface area contributed by atoms with Gasteiger partial charge in [0.25, 0.3) is 0 Å². The fourth-order valence-corrected chi connectivity index (χ4v) is 2.36. The number of benzene rings is 1. The van der Waals surface area contributed by atoms with E-state index in [1.54, 1.807) is 6.07 Å². The number of hydrogen-bond acceptors (Lipinski definition) is 4. The largest absolute Gasteiger partial charge is 0.459 e. The molecule has 0 aliphatic rings. The van der Waals surface area contributed by atoms with Crippen molar-refractivity contribution in [1.29, 1.82) is 0 Å². The summed E-state index contributed by atoms with van der Waals surface area (Å²) >= 11 is 1.13. The number of nitrogen functional groups attached to an aromatic ring is 1. The number of thioether (sulfide) groups is 1. The van der Waals surface area contributed by atoms with E-state index in [1.807, 2.05) is 5.43 Å². The summed E-state index contributed by atoms with van der Waals surface area (Å²) in [5.41, 5.74) is 2.54. The monoisotopic (exact) mass is 284 g/mol. The number of carbonyl (C=O) groups excluding carboxylic acids is 1. The molecule has 0 aliphatic heterocycles. The predicted octanol–water partition coefficient (Wildman–Crippen LogP) is 2.45. The molecule has 0 fully saturated rings. The standard InChI is InChI=1S/C12H10F2N2O2S/c13-8-1-2-10(9(14)5-8)19-6-7-3-4-18-11(7)12(17)16-15/h1-5H,6,15H2,(H,16,17). The Morgan fingerprint density at radius 2 is 2.16 bits per heavy atom. The van der Waals surface area contributed by atoms with Gasteiger partial charge in [0.05, 0.1) is 6.26 Å². The minimum Gasteiger partial charge on any atom is -0.459 e. The summed E-state index contributed by atoms with van der Waals surface area (Å²) in [5, 5.41) is 0. The Hall–Kier alpha value is -1.86. The Bertz CT molecular complexity index is 601. The van der Waals surface area contributed by atoms with Crippen LogP contribution in [0.5, 0.6) is 0 Å². The first-order valence-corrected chi connectivity index (χ1v) is 6.25. The fraction of sp³-hybridized carbons (Fsp3) is 0.0833. The van der Waals surface area contributed by atoms with Crippen molar-refractivity contribution in [3.8, 4) is 0 Å². The highest BCUT2D eigenvalue weighted by atomic mass is 32.2. The Morgan fingerprint density at radius 1 is 1.37 bits per heavy atom. The van der Waals surface area contributed by atoms with E-state index in [1.165, 1.54) is 18.4 Å². The number of hydrazine groups is 1. The zero-order valence-corrected chi connectivity index (χ0v) is 10.5. The van der Waals surface area contributed by atoms with Crippen molar-refractivity contribution in [3.63, 3.8) is 0 Å². The molecule has 2 rings (SSSR count). The van der Waals surface area contributed by atoms with Gasteiger partial charge in [-0.15, -0.1) is 11.8 Å². The topological polar surface area (TPSA) is 68.3 Å². The van der Waals surface area contributed by atoms with Gasteiger partial charge in [-0.25, -0.2) is 14.6 Å². The normalized spacial score (nSPS) is 10.5. The molecule has 1 amide bonds. The van der Waals surface area contributed by atoms with Gasteiger partial charge >= 0.3 is 5.91 Å². The van der Waals surface area contributed by atoms with Crippen LogP contribution in [0.1, 0.15) is 16.1 Å². The van der Waals surface area contributed by atoms with Gasteiger partial charge in [-0.2, -0.15) is 0 Å². The third-order valence-corrected chi connectivity index (χ3v) is 3.46. The summed E-state index contributed by atoms with van der Waals surface area (Å²) in [6, 6.07) is 4.93. The van der Waals surface area contributed by atoms with Crippen molar-refractivity contribution in [2.75, 3.05) is 0 Å². The van der Waals surface area contributed by atoms with E-state index in [-0.39, 0.29) is 5.76 Å². The van der Waals surface area contributed by atoms with Gasteiger partial charge in [0.1, 0.15) is 11.6 Å². The Kier molecular flexibility index (Phi) is 4.18. The van der Waals surface area contributed by atoms with Crippen molar-refractivity contribution in [1.82, 2.24) is 5.43 Å². The summed E-state index contributed by atoms with van der Waals surface area (Å²) in [5.74, 6) is 3.57. The minimum atomic E-state index is -0.640. The first-order chi connectivity index (χ1) is 9.11. The maximum absolute atomic E-state index is 13.4. The van der Waals surface area contributed by atoms with Crippen molar-refractivity contribution in [2.45, 2.75) is 10.6 Å². The smallest absolute Gasteiger partial charge is 0.301 e. The van der Waals surface area contributed by atoms with Gasteiger partial charge in [0.15, 0.2) is 5.76 Å². The highest BCUT2D eigenvalue weighted by Crippen LogP contribution is 2.27. The molecular weight excluding hydrogens is 274 g/mol. The number of rotatable bonds is 4. The van der Waals surface area contributed by atoms with Crippen LogP contribution in [0.2, 0.25) is 0 Å². The lowest BCUT2D eigenvalue weighted by Gasteiger charge is -2.03. The maximum Gasteiger partial charge on any atom is 0.301 e. The molecule has 19 heavy (non-hydrogen) atoms. The summed E-state index contributed by atoms with van der Waals surface area (Å²) < 4.78 is 31.2. The minimum absolute atomic E-state index is 0.0810. The van der Waals surface area contributed by atoms with Crippen molar-refractivity contribution in [2.24, 2.45) is 5.84 Å². The SMILES string of the molecule is NNC(=O)c1occc1CSc1ccc(F)cc1F. The van der Waals surface area contributed by atoms with E-state index in [2.05, 4.69) is 0 Å². The number of amides is 1. The van der Waals surface area contributed by atoms with Crippen molar-refractivity contribution in [3.05, 3.63) is 53.5 Å². The molecule has 1 heterocycles. The molecule has 0 spiro atoms. The van der Waals surface area contributed by atoms with Gasteiger partial charge in [-0.05, 0) is 18.2 Å². The van der Waals surface area contributed by atoms with Crippen molar-refractivity contribution < 1.29 is 18.0 Å². The first-order valence-electron chi connectivity index (χ1n) is 5.27. The molecule has 0 atom stereocenters. The molecule has 3 N–H and O–H groups in total. The molecule has 0 radical (unpaired) electrons. The molecule has 1 aromatic heterocycles. The predicted molar refractivity (Wildman–Crippen MR) is 66.3 cm³/mol. The average Bonchev–Trinajstić information content (AvgIpc) is 2.85. The highest BCUT2D eigenvalue weighted by Gasteiger charge is 2.15. The van der Waals surface area contributed by atoms with Crippen LogP contribution < -0.4 is 11.3 Å². The first kappa shape index (κ1) is 13.6. The summed E-state index contributed by atoms with van der Waals surface area (Å²) in [6.07, 6.45) is 1.35. The molecule has 100 valence electrons. The van der Waals surface area contributed by atoms with Crippen LogP contribution in [0.15, 0.2) is 39.8 Å². The van der Waals surface area contributed by atoms with Crippen LogP contribution in [0.3, 0.4) is 0 Å². The van der Waals surface area contributed by atoms with E-state index in [0.717, 1.165) is 17.8 Å². The van der Waals surface area contributed by atoms with Gasteiger partial charge in [-0.3, -0.25) is 10.2 Å². The Morgan fingerprint density at radius 3 is 2.84 bits per heavy atom. The second-order valence-electron chi connectivity index (χ2n) is 3.61. The van der Waals surface area contributed by atoms with E-state index >= 15 is 0 Å². The van der Waals surface area contributed by atoms with Crippen LogP contribution in [0, 0.1) is 11.6 Å². The molecule has 4 nitrogen and oxygen atoms in total. The second kappa shape index (κ2) is 5.85. The van der Waals surface area contributed by atoms with Crippen LogP contribution in [-0.2, 0) is 5.75 Å². The molecule has 0 bridgehead atoms. The number of nitrogens with two attached hydrogens (primary N) is 1. The summed E-state index contributed by atoms with van der Waals surface area (Å²) in [7, 11) is 0. The summed E-state index contributed by atoms with van der Waals surface area (Å²) in [4.78, 5) is 11.6. The molecular formula is C12H10F2N2O2S. The number of nitrogens with one attached hydrogen (secondary N) is 1. The van der Waals surface area contributed by atoms with Crippen LogP contribution in [-0.4, -0.2) is 5.91 Å². The highest BCUT2D eigenvalue weighted by molar-refractivity contribution is 7.98. The van der Waals surface area contributed by atoms with E-state index in [4.69, 9.17) is 10.3 Å². The average molecular weight is 284 g/mol. The molecule has 7 heteroatoms. The van der Waals surface area contributed by atoms with Crippen molar-refractivity contribution >= 4 is 17.7 Å². The van der Waals surface area contributed by atoms with Crippen LogP contribution in [0.25, 0.3) is 0 Å². The molecule has 0 saturated carbocycles. The third kappa shape index (κ3) is 3.12. The van der Waals surface area contributed by atoms with E-state index < -0.39 is 17.5 Å². The van der Waals surface area contributed by atoms with Crippen LogP contribution in [0.4, 0.5) is 8.78 Å². The Labute approximate surface area is 111 Å². The zero-order chi connectivity index (χ0) is 13.8. The lowest BCUT2D eigenvalue weighted by molar-refractivity contribution is 0.0925. The van der Waals surface area contributed by atoms with Gasteiger partial charge in [-0.1, -0.05) is 0 Å². The molecule has 0 aliphatic carbocycles. The summed E-state index contributed by atoms with van der Waals surface area (Å²) in [6.45, 7) is 0.